The van der Waals surface area contributed by atoms with Crippen LogP contribution in [0.25, 0.3) is 0 Å². The predicted molar refractivity (Wildman–Crippen MR) is 58.7 cm³/mol. The summed E-state index contributed by atoms with van der Waals surface area (Å²) in [6, 6.07) is -1.31. The zero-order valence-electron chi connectivity index (χ0n) is 9.64. The van der Waals surface area contributed by atoms with Gasteiger partial charge < -0.3 is 21.3 Å². The number of rotatable bonds is 7. The molecule has 6 heteroatoms. The first-order valence-corrected chi connectivity index (χ1v) is 5.27. The van der Waals surface area contributed by atoms with Gasteiger partial charge in [-0.05, 0) is 12.3 Å². The molecule has 1 amide bonds. The molecule has 16 heavy (non-hydrogen) atoms. The highest BCUT2D eigenvalue weighted by atomic mass is 16.4. The van der Waals surface area contributed by atoms with Crippen molar-refractivity contribution in [2.24, 2.45) is 11.7 Å². The summed E-state index contributed by atoms with van der Waals surface area (Å²) in [5.74, 6) is -1.28. The van der Waals surface area contributed by atoms with Crippen LogP contribution >= 0.6 is 0 Å². The third-order valence-electron chi connectivity index (χ3n) is 2.35. The van der Waals surface area contributed by atoms with Crippen LogP contribution in [0.1, 0.15) is 26.7 Å². The lowest BCUT2D eigenvalue weighted by Crippen LogP contribution is -2.42. The Balaban J connectivity index is 3.94. The maximum atomic E-state index is 11.4. The maximum absolute atomic E-state index is 11.4. The average molecular weight is 232 g/mol. The second-order valence-corrected chi connectivity index (χ2v) is 4.08. The summed E-state index contributed by atoms with van der Waals surface area (Å²) in [6.07, 6.45) is 0.147. The van der Waals surface area contributed by atoms with Crippen molar-refractivity contribution in [3.8, 4) is 0 Å². The van der Waals surface area contributed by atoms with Crippen molar-refractivity contribution < 1.29 is 19.8 Å². The van der Waals surface area contributed by atoms with Crippen molar-refractivity contribution in [1.82, 2.24) is 5.32 Å². The van der Waals surface area contributed by atoms with Gasteiger partial charge in [0.05, 0.1) is 12.6 Å². The molecule has 0 aromatic carbocycles. The Kier molecular flexibility index (Phi) is 6.67. The number of aliphatic hydroxyl groups excluding tert-OH is 1. The molecule has 0 saturated heterocycles. The molecule has 0 unspecified atom stereocenters. The van der Waals surface area contributed by atoms with E-state index in [0.717, 1.165) is 0 Å². The van der Waals surface area contributed by atoms with Crippen LogP contribution in [0.3, 0.4) is 0 Å². The number of carbonyl (C=O) groups is 2. The molecule has 0 aromatic heterocycles. The molecule has 0 bridgehead atoms. The van der Waals surface area contributed by atoms with E-state index in [4.69, 9.17) is 15.9 Å². The molecule has 0 radical (unpaired) electrons. The number of aliphatic hydroxyl groups is 1. The van der Waals surface area contributed by atoms with E-state index in [1.54, 1.807) is 0 Å². The van der Waals surface area contributed by atoms with Crippen LogP contribution in [0.15, 0.2) is 0 Å². The number of hydrogen-bond acceptors (Lipinski definition) is 4. The largest absolute Gasteiger partial charge is 0.480 e. The van der Waals surface area contributed by atoms with Crippen LogP contribution in [0.4, 0.5) is 0 Å². The van der Waals surface area contributed by atoms with Gasteiger partial charge >= 0.3 is 5.97 Å². The van der Waals surface area contributed by atoms with E-state index in [9.17, 15) is 9.59 Å². The molecule has 6 nitrogen and oxygen atoms in total. The minimum absolute atomic E-state index is 0.0523. The van der Waals surface area contributed by atoms with E-state index in [0.29, 0.717) is 0 Å². The van der Waals surface area contributed by atoms with Gasteiger partial charge in [0.15, 0.2) is 0 Å². The molecular formula is C10H20N2O4. The molecule has 0 saturated carbocycles. The van der Waals surface area contributed by atoms with Gasteiger partial charge in [0.1, 0.15) is 6.04 Å². The number of nitrogens with two attached hydrogens (primary N) is 1. The van der Waals surface area contributed by atoms with Crippen molar-refractivity contribution in [1.29, 1.82) is 0 Å². The van der Waals surface area contributed by atoms with Gasteiger partial charge in [-0.25, -0.2) is 0 Å². The normalized spacial score (nSPS) is 14.6. The van der Waals surface area contributed by atoms with Gasteiger partial charge in [-0.2, -0.15) is 0 Å². The Bertz CT molecular complexity index is 243. The summed E-state index contributed by atoms with van der Waals surface area (Å²) in [6.45, 7) is 3.63. The van der Waals surface area contributed by atoms with Gasteiger partial charge in [-0.3, -0.25) is 9.59 Å². The fraction of sp³-hybridized carbons (Fsp3) is 0.800. The third-order valence-corrected chi connectivity index (χ3v) is 2.35. The fourth-order valence-electron chi connectivity index (χ4n) is 1.11. The van der Waals surface area contributed by atoms with Gasteiger partial charge in [-0.1, -0.05) is 13.8 Å². The van der Waals surface area contributed by atoms with Crippen molar-refractivity contribution >= 4 is 11.9 Å². The predicted octanol–water partition coefficient (Wildman–Crippen LogP) is -0.688. The first-order valence-electron chi connectivity index (χ1n) is 5.27. The zero-order chi connectivity index (χ0) is 12.7. The van der Waals surface area contributed by atoms with Crippen molar-refractivity contribution in [3.63, 3.8) is 0 Å². The lowest BCUT2D eigenvalue weighted by molar-refractivity contribution is -0.138. The molecular weight excluding hydrogens is 212 g/mol. The number of nitrogens with one attached hydrogen (secondary N) is 1. The lowest BCUT2D eigenvalue weighted by Gasteiger charge is -2.20. The number of aliphatic carboxylic acids is 1. The molecule has 0 aliphatic heterocycles. The fourth-order valence-corrected chi connectivity index (χ4v) is 1.11. The summed E-state index contributed by atoms with van der Waals surface area (Å²) < 4.78 is 0. The van der Waals surface area contributed by atoms with Crippen LogP contribution in [-0.2, 0) is 9.59 Å². The number of carboxylic acid groups (broad SMARTS) is 1. The Morgan fingerprint density at radius 2 is 1.94 bits per heavy atom. The Hall–Kier alpha value is -1.14. The molecule has 0 spiro atoms. The van der Waals surface area contributed by atoms with Crippen LogP contribution in [0, 0.1) is 5.92 Å². The summed E-state index contributed by atoms with van der Waals surface area (Å²) in [4.78, 5) is 21.8. The van der Waals surface area contributed by atoms with Gasteiger partial charge in [0.25, 0.3) is 0 Å². The standard InChI is InChI=1S/C10H20N2O4/c1-6(2)8(5-13)12-9(14)4-3-7(11)10(15)16/h6-8,13H,3-5,11H2,1-2H3,(H,12,14)(H,15,16)/t7-,8+/m0/s1. The van der Waals surface area contributed by atoms with Gasteiger partial charge in [0.2, 0.25) is 5.91 Å². The van der Waals surface area contributed by atoms with Crippen LogP contribution in [-0.4, -0.2) is 40.8 Å². The van der Waals surface area contributed by atoms with Crippen LogP contribution in [0.2, 0.25) is 0 Å². The minimum Gasteiger partial charge on any atom is -0.480 e. The van der Waals surface area contributed by atoms with E-state index < -0.39 is 12.0 Å². The molecule has 5 N–H and O–H groups in total. The Labute approximate surface area is 94.8 Å². The first kappa shape index (κ1) is 14.9. The third kappa shape index (κ3) is 5.67. The zero-order valence-corrected chi connectivity index (χ0v) is 9.64. The number of hydrogen-bond donors (Lipinski definition) is 4. The Morgan fingerprint density at radius 1 is 1.38 bits per heavy atom. The van der Waals surface area contributed by atoms with Crippen LogP contribution in [0.5, 0.6) is 0 Å². The Morgan fingerprint density at radius 3 is 2.31 bits per heavy atom. The minimum atomic E-state index is -1.12. The summed E-state index contributed by atoms with van der Waals surface area (Å²) >= 11 is 0. The lowest BCUT2D eigenvalue weighted by atomic mass is 10.0. The highest BCUT2D eigenvalue weighted by Gasteiger charge is 2.17. The first-order chi connectivity index (χ1) is 7.38. The van der Waals surface area contributed by atoms with E-state index in [-0.39, 0.29) is 37.3 Å². The van der Waals surface area contributed by atoms with Crippen molar-refractivity contribution in [2.75, 3.05) is 6.61 Å². The summed E-state index contributed by atoms with van der Waals surface area (Å²) in [7, 11) is 0. The van der Waals surface area contributed by atoms with Gasteiger partial charge in [0, 0.05) is 6.42 Å². The summed E-state index contributed by atoms with van der Waals surface area (Å²) in [5.41, 5.74) is 5.26. The average Bonchev–Trinajstić information content (AvgIpc) is 2.21. The van der Waals surface area contributed by atoms with Crippen molar-refractivity contribution in [3.05, 3.63) is 0 Å². The second-order valence-electron chi connectivity index (χ2n) is 4.08. The topological polar surface area (TPSA) is 113 Å². The maximum Gasteiger partial charge on any atom is 0.320 e. The number of carbonyl (C=O) groups excluding carboxylic acids is 1. The van der Waals surface area contributed by atoms with E-state index in [1.165, 1.54) is 0 Å². The van der Waals surface area contributed by atoms with E-state index in [2.05, 4.69) is 5.32 Å². The molecule has 0 rings (SSSR count). The smallest absolute Gasteiger partial charge is 0.320 e. The highest BCUT2D eigenvalue weighted by Crippen LogP contribution is 2.02. The van der Waals surface area contributed by atoms with Crippen LogP contribution < -0.4 is 11.1 Å². The molecule has 0 aliphatic carbocycles. The van der Waals surface area contributed by atoms with Gasteiger partial charge in [-0.15, -0.1) is 0 Å². The molecule has 94 valence electrons. The summed E-state index contributed by atoms with van der Waals surface area (Å²) in [5, 5.41) is 20.1. The molecule has 0 fully saturated rings. The number of amides is 1. The van der Waals surface area contributed by atoms with E-state index >= 15 is 0 Å². The molecule has 2 atom stereocenters. The van der Waals surface area contributed by atoms with E-state index in [1.807, 2.05) is 13.8 Å². The molecule has 0 aliphatic rings. The molecule has 0 aromatic rings. The second kappa shape index (κ2) is 7.19. The SMILES string of the molecule is CC(C)[C@@H](CO)NC(=O)CC[C@H](N)C(=O)O. The van der Waals surface area contributed by atoms with Crippen molar-refractivity contribution in [2.45, 2.75) is 38.8 Å². The monoisotopic (exact) mass is 232 g/mol. The molecule has 0 heterocycles. The quantitative estimate of drug-likeness (QED) is 0.464. The highest BCUT2D eigenvalue weighted by molar-refractivity contribution is 5.78. The number of carboxylic acids is 1.